The first-order valence-electron chi connectivity index (χ1n) is 4.92. The van der Waals surface area contributed by atoms with E-state index in [2.05, 4.69) is 10.2 Å². The van der Waals surface area contributed by atoms with Crippen LogP contribution in [0.5, 0.6) is 0 Å². The van der Waals surface area contributed by atoms with Gasteiger partial charge in [-0.1, -0.05) is 12.8 Å². The van der Waals surface area contributed by atoms with Crippen LogP contribution in [-0.2, 0) is 17.1 Å². The van der Waals surface area contributed by atoms with E-state index in [-0.39, 0.29) is 5.16 Å². The summed E-state index contributed by atoms with van der Waals surface area (Å²) < 4.78 is 23.8. The van der Waals surface area contributed by atoms with E-state index >= 15 is 0 Å². The Morgan fingerprint density at radius 2 is 1.93 bits per heavy atom. The highest BCUT2D eigenvalue weighted by Crippen LogP contribution is 2.33. The van der Waals surface area contributed by atoms with E-state index in [4.69, 9.17) is 5.14 Å². The van der Waals surface area contributed by atoms with E-state index in [1.165, 1.54) is 17.4 Å². The van der Waals surface area contributed by atoms with Gasteiger partial charge in [0.15, 0.2) is 0 Å². The maximum absolute atomic E-state index is 11.1. The molecule has 0 saturated heterocycles. The van der Waals surface area contributed by atoms with Crippen LogP contribution < -0.4 is 5.14 Å². The van der Waals surface area contributed by atoms with Crippen molar-refractivity contribution in [3.8, 4) is 0 Å². The predicted molar refractivity (Wildman–Crippen MR) is 53.6 cm³/mol. The molecular formula is C8H14N4O2S. The second kappa shape index (κ2) is 3.57. The lowest BCUT2D eigenvalue weighted by Crippen LogP contribution is -2.18. The van der Waals surface area contributed by atoms with E-state index in [0.29, 0.717) is 5.92 Å². The minimum atomic E-state index is -3.75. The number of sulfonamides is 1. The molecule has 15 heavy (non-hydrogen) atoms. The number of nitrogens with two attached hydrogens (primary N) is 1. The van der Waals surface area contributed by atoms with Crippen molar-refractivity contribution < 1.29 is 8.42 Å². The lowest BCUT2D eigenvalue weighted by Gasteiger charge is -2.07. The van der Waals surface area contributed by atoms with Gasteiger partial charge < -0.3 is 4.57 Å². The molecule has 1 aromatic rings. The first-order valence-corrected chi connectivity index (χ1v) is 6.47. The Kier molecular flexibility index (Phi) is 2.51. The standard InChI is InChI=1S/C8H14N4O2S/c1-12-7(6-4-2-3-5-6)10-11-8(12)15(9,13)14/h6H,2-5H2,1H3,(H2,9,13,14). The first kappa shape index (κ1) is 10.6. The van der Waals surface area contributed by atoms with Gasteiger partial charge in [0.2, 0.25) is 0 Å². The fourth-order valence-electron chi connectivity index (χ4n) is 2.11. The molecule has 1 aliphatic carbocycles. The molecule has 1 aromatic heterocycles. The summed E-state index contributed by atoms with van der Waals surface area (Å²) in [4.78, 5) is 0. The molecule has 2 N–H and O–H groups in total. The molecule has 1 saturated carbocycles. The third-order valence-corrected chi connectivity index (χ3v) is 3.71. The Hall–Kier alpha value is -0.950. The highest BCUT2D eigenvalue weighted by molar-refractivity contribution is 7.89. The largest absolute Gasteiger partial charge is 0.304 e. The summed E-state index contributed by atoms with van der Waals surface area (Å²) in [5, 5.41) is 12.4. The van der Waals surface area contributed by atoms with Gasteiger partial charge in [0.25, 0.3) is 15.2 Å². The Bertz CT molecular complexity index is 459. The molecule has 0 aliphatic heterocycles. The van der Waals surface area contributed by atoms with Crippen LogP contribution in [0.4, 0.5) is 0 Å². The Morgan fingerprint density at radius 1 is 1.33 bits per heavy atom. The summed E-state index contributed by atoms with van der Waals surface area (Å²) in [5.74, 6) is 1.06. The van der Waals surface area contributed by atoms with Gasteiger partial charge in [-0.05, 0) is 12.8 Å². The zero-order valence-electron chi connectivity index (χ0n) is 8.55. The minimum absolute atomic E-state index is 0.149. The number of primary sulfonamides is 1. The first-order chi connectivity index (χ1) is 7.00. The van der Waals surface area contributed by atoms with Gasteiger partial charge in [0.05, 0.1) is 0 Å². The monoisotopic (exact) mass is 230 g/mol. The molecule has 0 unspecified atom stereocenters. The molecule has 0 spiro atoms. The molecule has 0 radical (unpaired) electrons. The molecule has 6 nitrogen and oxygen atoms in total. The van der Waals surface area contributed by atoms with Gasteiger partial charge in [0.1, 0.15) is 5.82 Å². The zero-order valence-corrected chi connectivity index (χ0v) is 9.37. The molecule has 7 heteroatoms. The number of hydrogen-bond donors (Lipinski definition) is 1. The normalized spacial score (nSPS) is 18.5. The summed E-state index contributed by atoms with van der Waals surface area (Å²) in [7, 11) is -2.11. The molecule has 0 atom stereocenters. The molecule has 0 amide bonds. The highest BCUT2D eigenvalue weighted by Gasteiger charge is 2.26. The summed E-state index contributed by atoms with van der Waals surface area (Å²) in [6.07, 6.45) is 4.44. The summed E-state index contributed by atoms with van der Waals surface area (Å²) in [5.41, 5.74) is 0. The highest BCUT2D eigenvalue weighted by atomic mass is 32.2. The number of aromatic nitrogens is 3. The van der Waals surface area contributed by atoms with Gasteiger partial charge in [0, 0.05) is 13.0 Å². The number of rotatable bonds is 2. The second-order valence-corrected chi connectivity index (χ2v) is 5.38. The van der Waals surface area contributed by atoms with Gasteiger partial charge in [-0.25, -0.2) is 13.6 Å². The fraction of sp³-hybridized carbons (Fsp3) is 0.750. The van der Waals surface area contributed by atoms with E-state index in [1.807, 2.05) is 0 Å². The summed E-state index contributed by atoms with van der Waals surface area (Å²) in [6.45, 7) is 0. The smallest absolute Gasteiger partial charge is 0.273 e. The minimum Gasteiger partial charge on any atom is -0.304 e. The maximum Gasteiger partial charge on any atom is 0.273 e. The average Bonchev–Trinajstić information content (AvgIpc) is 2.69. The lowest BCUT2D eigenvalue weighted by molar-refractivity contribution is 0.570. The number of nitrogens with zero attached hydrogens (tertiary/aromatic N) is 3. The molecule has 1 heterocycles. The Morgan fingerprint density at radius 3 is 2.40 bits per heavy atom. The van der Waals surface area contributed by atoms with Gasteiger partial charge in [-0.15, -0.1) is 10.2 Å². The maximum atomic E-state index is 11.1. The van der Waals surface area contributed by atoms with Crippen LogP contribution >= 0.6 is 0 Å². The molecule has 0 aromatic carbocycles. The van der Waals surface area contributed by atoms with Crippen molar-refractivity contribution in [3.63, 3.8) is 0 Å². The van der Waals surface area contributed by atoms with Crippen molar-refractivity contribution in [1.29, 1.82) is 0 Å². The average molecular weight is 230 g/mol. The van der Waals surface area contributed by atoms with Crippen molar-refractivity contribution in [2.24, 2.45) is 12.2 Å². The van der Waals surface area contributed by atoms with Crippen LogP contribution in [0.2, 0.25) is 0 Å². The SMILES string of the molecule is Cn1c(C2CCCC2)nnc1S(N)(=O)=O. The molecule has 0 bridgehead atoms. The van der Waals surface area contributed by atoms with Crippen molar-refractivity contribution in [2.75, 3.05) is 0 Å². The molecular weight excluding hydrogens is 216 g/mol. The Labute approximate surface area is 88.5 Å². The third-order valence-electron chi connectivity index (χ3n) is 2.84. The Balaban J connectivity index is 2.39. The van der Waals surface area contributed by atoms with Gasteiger partial charge >= 0.3 is 0 Å². The van der Waals surface area contributed by atoms with Crippen LogP contribution in [0.25, 0.3) is 0 Å². The van der Waals surface area contributed by atoms with Crippen LogP contribution in [-0.4, -0.2) is 23.2 Å². The molecule has 1 fully saturated rings. The third kappa shape index (κ3) is 1.89. The topological polar surface area (TPSA) is 90.9 Å². The van der Waals surface area contributed by atoms with Crippen molar-refractivity contribution in [2.45, 2.75) is 36.8 Å². The molecule has 1 aliphatic rings. The van der Waals surface area contributed by atoms with Gasteiger partial charge in [-0.2, -0.15) is 0 Å². The van der Waals surface area contributed by atoms with Crippen LogP contribution in [0.3, 0.4) is 0 Å². The van der Waals surface area contributed by atoms with Crippen LogP contribution in [0.1, 0.15) is 37.4 Å². The van der Waals surface area contributed by atoms with Gasteiger partial charge in [-0.3, -0.25) is 0 Å². The predicted octanol–water partition coefficient (Wildman–Crippen LogP) is 0.120. The molecule has 2 rings (SSSR count). The quantitative estimate of drug-likeness (QED) is 0.781. The summed E-state index contributed by atoms with van der Waals surface area (Å²) >= 11 is 0. The van der Waals surface area contributed by atoms with Crippen molar-refractivity contribution in [3.05, 3.63) is 5.82 Å². The zero-order chi connectivity index (χ0) is 11.1. The fourth-order valence-corrected chi connectivity index (χ4v) is 2.74. The lowest BCUT2D eigenvalue weighted by atomic mass is 10.1. The van der Waals surface area contributed by atoms with Crippen LogP contribution in [0.15, 0.2) is 5.16 Å². The van der Waals surface area contributed by atoms with Crippen molar-refractivity contribution in [1.82, 2.24) is 14.8 Å². The number of hydrogen-bond acceptors (Lipinski definition) is 4. The van der Waals surface area contributed by atoms with Crippen LogP contribution in [0, 0.1) is 0 Å². The van der Waals surface area contributed by atoms with E-state index in [0.717, 1.165) is 18.7 Å². The summed E-state index contributed by atoms with van der Waals surface area (Å²) in [6, 6.07) is 0. The van der Waals surface area contributed by atoms with Crippen molar-refractivity contribution >= 4 is 10.0 Å². The van der Waals surface area contributed by atoms with E-state index in [9.17, 15) is 8.42 Å². The molecule has 84 valence electrons. The van der Waals surface area contributed by atoms with E-state index in [1.54, 1.807) is 7.05 Å². The van der Waals surface area contributed by atoms with E-state index < -0.39 is 10.0 Å². The second-order valence-electron chi connectivity index (χ2n) is 3.93.